The third-order valence-corrected chi connectivity index (χ3v) is 4.88. The van der Waals surface area contributed by atoms with Gasteiger partial charge in [0.05, 0.1) is 5.56 Å². The summed E-state index contributed by atoms with van der Waals surface area (Å²) in [5.74, 6) is 0.325. The smallest absolute Gasteiger partial charge is 0.327 e. The summed E-state index contributed by atoms with van der Waals surface area (Å²) in [4.78, 5) is 0. The second-order valence-corrected chi connectivity index (χ2v) is 5.88. The number of halogens is 3. The molecule has 0 bridgehead atoms. The summed E-state index contributed by atoms with van der Waals surface area (Å²) in [6.07, 6.45) is 0.676. The van der Waals surface area contributed by atoms with Crippen LogP contribution in [0.25, 0.3) is 0 Å². The van der Waals surface area contributed by atoms with Crippen LogP contribution in [0.3, 0.4) is 0 Å². The highest BCUT2D eigenvalue weighted by molar-refractivity contribution is 5.44. The van der Waals surface area contributed by atoms with Gasteiger partial charge in [-0.15, -0.1) is 0 Å². The summed E-state index contributed by atoms with van der Waals surface area (Å²) < 4.78 is 39.5. The molecule has 0 radical (unpaired) electrons. The van der Waals surface area contributed by atoms with Gasteiger partial charge in [0.25, 0.3) is 0 Å². The summed E-state index contributed by atoms with van der Waals surface area (Å²) in [6.45, 7) is 0. The van der Waals surface area contributed by atoms with Gasteiger partial charge in [-0.05, 0) is 36.8 Å². The number of alkyl halides is 3. The quantitative estimate of drug-likeness (QED) is 0.866. The maximum Gasteiger partial charge on any atom is 0.416 e. The normalized spacial score (nSPS) is 31.7. The number of hydrogen-bond acceptors (Lipinski definition) is 1. The molecule has 1 nitrogen and oxygen atoms in total. The van der Waals surface area contributed by atoms with Gasteiger partial charge in [-0.1, -0.05) is 31.0 Å². The van der Waals surface area contributed by atoms with Gasteiger partial charge in [0.15, 0.2) is 0 Å². The molecule has 0 aromatic heterocycles. The van der Waals surface area contributed by atoms with E-state index in [0.29, 0.717) is 17.9 Å². The lowest BCUT2D eigenvalue weighted by atomic mass is 9.78. The first-order valence-corrected chi connectivity index (χ1v) is 6.88. The van der Waals surface area contributed by atoms with Crippen LogP contribution in [-0.4, -0.2) is 6.04 Å². The van der Waals surface area contributed by atoms with E-state index in [1.807, 2.05) is 0 Å². The Balaban J connectivity index is 2.06. The maximum atomic E-state index is 13.2. The molecule has 1 aromatic rings. The van der Waals surface area contributed by atoms with Gasteiger partial charge in [0.2, 0.25) is 0 Å². The van der Waals surface area contributed by atoms with Crippen LogP contribution >= 0.6 is 0 Å². The molecule has 2 fully saturated rings. The number of hydrogen-bond donors (Lipinski definition) is 1. The van der Waals surface area contributed by atoms with Crippen molar-refractivity contribution in [2.75, 3.05) is 0 Å². The first kappa shape index (κ1) is 13.0. The third kappa shape index (κ3) is 1.97. The Kier molecular flexibility index (Phi) is 2.89. The summed E-state index contributed by atoms with van der Waals surface area (Å²) in [5.41, 5.74) is 5.59. The van der Waals surface area contributed by atoms with Crippen molar-refractivity contribution in [3.63, 3.8) is 0 Å². The van der Waals surface area contributed by atoms with E-state index >= 15 is 0 Å². The van der Waals surface area contributed by atoms with E-state index in [2.05, 4.69) is 0 Å². The topological polar surface area (TPSA) is 26.0 Å². The molecule has 0 amide bonds. The zero-order valence-electron chi connectivity index (χ0n) is 10.7. The molecule has 3 rings (SSSR count). The fourth-order valence-electron chi connectivity index (χ4n) is 3.88. The molecule has 2 atom stereocenters. The predicted molar refractivity (Wildman–Crippen MR) is 67.7 cm³/mol. The minimum absolute atomic E-state index is 0.112. The molecule has 0 aliphatic heterocycles. The van der Waals surface area contributed by atoms with Gasteiger partial charge >= 0.3 is 6.18 Å². The van der Waals surface area contributed by atoms with Gasteiger partial charge in [0.1, 0.15) is 0 Å². The minimum Gasteiger partial charge on any atom is -0.327 e. The van der Waals surface area contributed by atoms with E-state index in [1.165, 1.54) is 12.1 Å². The van der Waals surface area contributed by atoms with Gasteiger partial charge < -0.3 is 5.73 Å². The Morgan fingerprint density at radius 2 is 1.68 bits per heavy atom. The molecule has 0 heterocycles. The molecule has 0 saturated heterocycles. The van der Waals surface area contributed by atoms with E-state index in [9.17, 15) is 13.2 Å². The molecule has 2 saturated carbocycles. The molecule has 4 heteroatoms. The molecule has 1 unspecified atom stereocenters. The van der Waals surface area contributed by atoms with Crippen molar-refractivity contribution in [2.45, 2.75) is 49.7 Å². The Bertz CT molecular complexity index is 477. The summed E-state index contributed by atoms with van der Waals surface area (Å²) in [5, 5.41) is 0. The highest BCUT2D eigenvalue weighted by Gasteiger charge is 2.60. The molecule has 2 N–H and O–H groups in total. The van der Waals surface area contributed by atoms with E-state index in [4.69, 9.17) is 5.73 Å². The first-order valence-electron chi connectivity index (χ1n) is 6.88. The summed E-state index contributed by atoms with van der Waals surface area (Å²) in [6, 6.07) is 5.87. The van der Waals surface area contributed by atoms with Crippen LogP contribution in [0, 0.1) is 5.92 Å². The average molecular weight is 269 g/mol. The lowest BCUT2D eigenvalue weighted by Crippen LogP contribution is -2.29. The fourth-order valence-corrected chi connectivity index (χ4v) is 3.88. The Hall–Kier alpha value is -1.03. The molecule has 0 spiro atoms. The van der Waals surface area contributed by atoms with Crippen molar-refractivity contribution in [1.29, 1.82) is 0 Å². The van der Waals surface area contributed by atoms with Crippen molar-refractivity contribution in [3.8, 4) is 0 Å². The monoisotopic (exact) mass is 269 g/mol. The molecule has 19 heavy (non-hydrogen) atoms. The summed E-state index contributed by atoms with van der Waals surface area (Å²) >= 11 is 0. The van der Waals surface area contributed by atoms with Crippen LogP contribution < -0.4 is 5.73 Å². The molecule has 104 valence electrons. The van der Waals surface area contributed by atoms with Crippen molar-refractivity contribution < 1.29 is 13.2 Å². The summed E-state index contributed by atoms with van der Waals surface area (Å²) in [7, 11) is 0. The zero-order chi connectivity index (χ0) is 13.7. The van der Waals surface area contributed by atoms with Gasteiger partial charge in [-0.2, -0.15) is 13.2 Å². The van der Waals surface area contributed by atoms with Crippen LogP contribution in [0.2, 0.25) is 0 Å². The SMILES string of the molecule is N[C@@H]1CC1(c1ccccc1C(F)(F)F)C1CCCC1. The number of nitrogens with two attached hydrogens (primary N) is 1. The molecule has 1 aromatic carbocycles. The highest BCUT2D eigenvalue weighted by atomic mass is 19.4. The minimum atomic E-state index is -4.29. The number of rotatable bonds is 2. The zero-order valence-corrected chi connectivity index (χ0v) is 10.7. The molecule has 2 aliphatic rings. The van der Waals surface area contributed by atoms with Gasteiger partial charge in [0, 0.05) is 11.5 Å². The van der Waals surface area contributed by atoms with Crippen molar-refractivity contribution in [3.05, 3.63) is 35.4 Å². The third-order valence-electron chi connectivity index (χ3n) is 4.88. The van der Waals surface area contributed by atoms with Crippen LogP contribution in [0.4, 0.5) is 13.2 Å². The van der Waals surface area contributed by atoms with Crippen LogP contribution in [0.15, 0.2) is 24.3 Å². The van der Waals surface area contributed by atoms with Crippen LogP contribution in [0.1, 0.15) is 43.2 Å². The Morgan fingerprint density at radius 3 is 2.21 bits per heavy atom. The van der Waals surface area contributed by atoms with Gasteiger partial charge in [-0.25, -0.2) is 0 Å². The van der Waals surface area contributed by atoms with E-state index in [-0.39, 0.29) is 6.04 Å². The number of benzene rings is 1. The van der Waals surface area contributed by atoms with Crippen molar-refractivity contribution >= 4 is 0 Å². The molecular weight excluding hydrogens is 251 g/mol. The fraction of sp³-hybridized carbons (Fsp3) is 0.600. The second kappa shape index (κ2) is 4.23. The van der Waals surface area contributed by atoms with Gasteiger partial charge in [-0.3, -0.25) is 0 Å². The van der Waals surface area contributed by atoms with E-state index in [1.54, 1.807) is 12.1 Å². The molecular formula is C15H18F3N. The lowest BCUT2D eigenvalue weighted by Gasteiger charge is -2.27. The van der Waals surface area contributed by atoms with E-state index < -0.39 is 17.2 Å². The first-order chi connectivity index (χ1) is 8.96. The maximum absolute atomic E-state index is 13.2. The van der Waals surface area contributed by atoms with Crippen LogP contribution in [0.5, 0.6) is 0 Å². The van der Waals surface area contributed by atoms with Crippen molar-refractivity contribution in [1.82, 2.24) is 0 Å². The van der Waals surface area contributed by atoms with E-state index in [0.717, 1.165) is 25.7 Å². The predicted octanol–water partition coefficient (Wildman–Crippen LogP) is 3.86. The highest BCUT2D eigenvalue weighted by Crippen LogP contribution is 2.59. The average Bonchev–Trinajstić information content (AvgIpc) is 2.80. The Labute approximate surface area is 111 Å². The van der Waals surface area contributed by atoms with Crippen LogP contribution in [-0.2, 0) is 11.6 Å². The second-order valence-electron chi connectivity index (χ2n) is 5.88. The van der Waals surface area contributed by atoms with Crippen molar-refractivity contribution in [2.24, 2.45) is 11.7 Å². The lowest BCUT2D eigenvalue weighted by molar-refractivity contribution is -0.138. The largest absolute Gasteiger partial charge is 0.416 e. The standard InChI is InChI=1S/C15H18F3N/c16-15(17,18)12-8-4-3-7-11(12)14(9-13(14)19)10-5-1-2-6-10/h3-4,7-8,10,13H,1-2,5-6,9,19H2/t13-,14?/m1/s1. The Morgan fingerprint density at radius 1 is 1.11 bits per heavy atom. The molecule has 2 aliphatic carbocycles.